The number of halogens is 1. The van der Waals surface area contributed by atoms with E-state index in [-0.39, 0.29) is 41.7 Å². The van der Waals surface area contributed by atoms with E-state index in [1.165, 1.54) is 5.56 Å². The summed E-state index contributed by atoms with van der Waals surface area (Å²) >= 11 is 6.41. The van der Waals surface area contributed by atoms with Crippen molar-refractivity contribution in [2.24, 2.45) is 28.1 Å². The highest BCUT2D eigenvalue weighted by Gasteiger charge is 2.48. The van der Waals surface area contributed by atoms with Crippen LogP contribution in [0.4, 0.5) is 0 Å². The Morgan fingerprint density at radius 2 is 1.84 bits per heavy atom. The van der Waals surface area contributed by atoms with E-state index in [0.717, 1.165) is 17.5 Å². The van der Waals surface area contributed by atoms with Gasteiger partial charge < -0.3 is 27.0 Å². The molecule has 2 amide bonds. The van der Waals surface area contributed by atoms with Crippen LogP contribution in [0.3, 0.4) is 0 Å². The maximum Gasteiger partial charge on any atom is 0.240 e. The number of rotatable bonds is 9. The first-order valence-corrected chi connectivity index (χ1v) is 13.8. The number of nitrogens with two attached hydrogens (primary N) is 3. The molecule has 0 spiro atoms. The average Bonchev–Trinajstić information content (AvgIpc) is 3.69. The number of carbonyl (C=O) groups excluding carboxylic acids is 2. The number of nitrogens with zero attached hydrogens (tertiary/aromatic N) is 3. The van der Waals surface area contributed by atoms with E-state index in [1.807, 2.05) is 60.0 Å². The van der Waals surface area contributed by atoms with Crippen LogP contribution in [0.15, 0.2) is 53.5 Å². The number of carbonyl (C=O) groups is 2. The van der Waals surface area contributed by atoms with Gasteiger partial charge in [-0.3, -0.25) is 14.6 Å². The lowest BCUT2D eigenvalue weighted by atomic mass is 9.98. The molecular formula is C29H39ClN6O2. The second-order valence-electron chi connectivity index (χ2n) is 10.7. The van der Waals surface area contributed by atoms with Crippen LogP contribution in [-0.4, -0.2) is 65.3 Å². The molecule has 1 aliphatic heterocycles. The van der Waals surface area contributed by atoms with Crippen LogP contribution >= 0.6 is 11.6 Å². The lowest BCUT2D eigenvalue weighted by molar-refractivity contribution is -0.148. The molecule has 204 valence electrons. The summed E-state index contributed by atoms with van der Waals surface area (Å²) in [6, 6.07) is 15.0. The highest BCUT2D eigenvalue weighted by atomic mass is 35.5. The first-order valence-electron chi connectivity index (χ1n) is 13.4. The molecule has 2 aromatic carbocycles. The molecule has 1 heterocycles. The van der Waals surface area contributed by atoms with Gasteiger partial charge in [0.05, 0.1) is 6.04 Å². The number of amides is 2. The van der Waals surface area contributed by atoms with Crippen molar-refractivity contribution >= 4 is 29.4 Å². The Kier molecular flexibility index (Phi) is 8.95. The van der Waals surface area contributed by atoms with Gasteiger partial charge in [0.1, 0.15) is 0 Å². The average molecular weight is 539 g/mol. The smallest absolute Gasteiger partial charge is 0.240 e. The highest BCUT2D eigenvalue weighted by Crippen LogP contribution is 2.48. The van der Waals surface area contributed by atoms with E-state index < -0.39 is 6.04 Å². The third-order valence-electron chi connectivity index (χ3n) is 7.70. The molecule has 1 saturated heterocycles. The highest BCUT2D eigenvalue weighted by molar-refractivity contribution is 6.31. The molecule has 4 rings (SSSR count). The van der Waals surface area contributed by atoms with Crippen LogP contribution in [0.1, 0.15) is 48.8 Å². The fraction of sp³-hybridized carbons (Fsp3) is 0.483. The monoisotopic (exact) mass is 538 g/mol. The number of hydrogen-bond acceptors (Lipinski definition) is 4. The molecule has 0 bridgehead atoms. The van der Waals surface area contributed by atoms with Crippen molar-refractivity contribution in [2.45, 2.75) is 63.6 Å². The zero-order chi connectivity index (χ0) is 27.4. The van der Waals surface area contributed by atoms with E-state index in [9.17, 15) is 9.59 Å². The first-order chi connectivity index (χ1) is 18.2. The summed E-state index contributed by atoms with van der Waals surface area (Å²) in [5.41, 5.74) is 20.5. The number of guanidine groups is 1. The number of benzene rings is 2. The van der Waals surface area contributed by atoms with E-state index in [4.69, 9.17) is 28.8 Å². The van der Waals surface area contributed by atoms with E-state index in [1.54, 1.807) is 0 Å². The summed E-state index contributed by atoms with van der Waals surface area (Å²) in [7, 11) is 0. The molecule has 38 heavy (non-hydrogen) atoms. The van der Waals surface area contributed by atoms with E-state index in [0.29, 0.717) is 43.9 Å². The van der Waals surface area contributed by atoms with Gasteiger partial charge in [-0.2, -0.15) is 0 Å². The standard InChI is InChI=1S/C29H39ClN6O2/c1-18-10-11-21(25(30)13-18)14-26(31)28(38)36-16-19(2)35(17-22(36)9-6-12-34-29(32)33)27(37)24-15-23(24)20-7-4-3-5-8-20/h3-5,7-8,10-11,13,19,22-24,26H,6,9,12,14-17,31H2,1-2H3,(H4,32,33,34)/t19-,22?,23+,24?,26?/m1/s1. The minimum atomic E-state index is -0.726. The molecule has 0 radical (unpaired) electrons. The Morgan fingerprint density at radius 1 is 1.11 bits per heavy atom. The molecule has 1 saturated carbocycles. The van der Waals surface area contributed by atoms with Crippen molar-refractivity contribution in [3.05, 3.63) is 70.2 Å². The van der Waals surface area contributed by atoms with Crippen LogP contribution in [0.2, 0.25) is 5.02 Å². The van der Waals surface area contributed by atoms with Gasteiger partial charge in [0.25, 0.3) is 0 Å². The van der Waals surface area contributed by atoms with Crippen molar-refractivity contribution in [1.29, 1.82) is 0 Å². The van der Waals surface area contributed by atoms with Crippen molar-refractivity contribution in [3.63, 3.8) is 0 Å². The molecule has 2 aliphatic rings. The summed E-state index contributed by atoms with van der Waals surface area (Å²) in [4.78, 5) is 35.1. The van der Waals surface area contributed by atoms with Crippen molar-refractivity contribution < 1.29 is 9.59 Å². The first kappa shape index (κ1) is 27.9. The summed E-state index contributed by atoms with van der Waals surface area (Å²) in [6.45, 7) is 5.36. The van der Waals surface area contributed by atoms with Crippen LogP contribution in [0, 0.1) is 12.8 Å². The minimum Gasteiger partial charge on any atom is -0.370 e. The van der Waals surface area contributed by atoms with Gasteiger partial charge in [0.15, 0.2) is 5.96 Å². The third-order valence-corrected chi connectivity index (χ3v) is 8.05. The normalized spacial score (nSPS) is 23.6. The molecule has 2 fully saturated rings. The summed E-state index contributed by atoms with van der Waals surface area (Å²) in [5.74, 6) is 0.355. The molecule has 3 unspecified atom stereocenters. The SMILES string of the molecule is Cc1ccc(CC(N)C(=O)N2C[C@@H](C)N(C(=O)C3C[C@H]3c3ccccc3)CC2CCCN=C(N)N)c(Cl)c1. The van der Waals surface area contributed by atoms with Crippen LogP contribution in [-0.2, 0) is 16.0 Å². The lowest BCUT2D eigenvalue weighted by Crippen LogP contribution is -2.63. The van der Waals surface area contributed by atoms with Gasteiger partial charge in [0, 0.05) is 42.7 Å². The van der Waals surface area contributed by atoms with Crippen LogP contribution in [0.5, 0.6) is 0 Å². The predicted octanol–water partition coefficient (Wildman–Crippen LogP) is 2.80. The maximum absolute atomic E-state index is 13.6. The third kappa shape index (κ3) is 6.66. The Bertz CT molecular complexity index is 1170. The van der Waals surface area contributed by atoms with Crippen molar-refractivity contribution in [1.82, 2.24) is 9.80 Å². The molecule has 8 nitrogen and oxygen atoms in total. The van der Waals surface area contributed by atoms with Gasteiger partial charge >= 0.3 is 0 Å². The summed E-state index contributed by atoms with van der Waals surface area (Å²) in [5, 5.41) is 0.614. The predicted molar refractivity (Wildman–Crippen MR) is 152 cm³/mol. The fourth-order valence-corrected chi connectivity index (χ4v) is 5.81. The van der Waals surface area contributed by atoms with Gasteiger partial charge in [-0.1, -0.05) is 54.1 Å². The van der Waals surface area contributed by atoms with Crippen molar-refractivity contribution in [2.75, 3.05) is 19.6 Å². The second-order valence-corrected chi connectivity index (χ2v) is 11.1. The Labute approximate surface area is 230 Å². The molecule has 2 aromatic rings. The number of hydrogen-bond donors (Lipinski definition) is 3. The van der Waals surface area contributed by atoms with Crippen LogP contribution in [0.25, 0.3) is 0 Å². The fourth-order valence-electron chi connectivity index (χ4n) is 5.50. The molecule has 0 aromatic heterocycles. The van der Waals surface area contributed by atoms with Gasteiger partial charge in [0.2, 0.25) is 11.8 Å². The molecule has 5 atom stereocenters. The quantitative estimate of drug-likeness (QED) is 0.257. The zero-order valence-electron chi connectivity index (χ0n) is 22.2. The maximum atomic E-state index is 13.6. The second kappa shape index (κ2) is 12.2. The van der Waals surface area contributed by atoms with Gasteiger partial charge in [-0.05, 0) is 68.2 Å². The molecular weight excluding hydrogens is 500 g/mol. The van der Waals surface area contributed by atoms with E-state index >= 15 is 0 Å². The number of aliphatic imine (C=N–C) groups is 1. The summed E-state index contributed by atoms with van der Waals surface area (Å²) < 4.78 is 0. The largest absolute Gasteiger partial charge is 0.370 e. The van der Waals surface area contributed by atoms with Gasteiger partial charge in [-0.25, -0.2) is 0 Å². The van der Waals surface area contributed by atoms with Crippen LogP contribution < -0.4 is 17.2 Å². The topological polar surface area (TPSA) is 131 Å². The van der Waals surface area contributed by atoms with Crippen molar-refractivity contribution in [3.8, 4) is 0 Å². The molecule has 1 aliphatic carbocycles. The lowest BCUT2D eigenvalue weighted by Gasteiger charge is -2.46. The minimum absolute atomic E-state index is 0.00433. The Morgan fingerprint density at radius 3 is 2.53 bits per heavy atom. The number of piperazine rings is 1. The Balaban J connectivity index is 1.46. The summed E-state index contributed by atoms with van der Waals surface area (Å²) in [6.07, 6.45) is 2.58. The Hall–Kier alpha value is -3.10. The van der Waals surface area contributed by atoms with E-state index in [2.05, 4.69) is 17.1 Å². The molecule has 9 heteroatoms. The molecule has 6 N–H and O–H groups in total. The van der Waals surface area contributed by atoms with Gasteiger partial charge in [-0.15, -0.1) is 0 Å². The zero-order valence-corrected chi connectivity index (χ0v) is 23.0. The number of aryl methyl sites for hydroxylation is 1.